The van der Waals surface area contributed by atoms with E-state index in [0.717, 1.165) is 48.0 Å². The van der Waals surface area contributed by atoms with Gasteiger partial charge in [-0.15, -0.1) is 10.2 Å². The lowest BCUT2D eigenvalue weighted by Crippen LogP contribution is -2.29. The fourth-order valence-electron chi connectivity index (χ4n) is 3.66. The number of aryl methyl sites for hydroxylation is 1. The maximum atomic E-state index is 12.6. The topological polar surface area (TPSA) is 115 Å². The van der Waals surface area contributed by atoms with Crippen molar-refractivity contribution in [2.75, 3.05) is 18.4 Å². The van der Waals surface area contributed by atoms with Gasteiger partial charge in [-0.05, 0) is 43.5 Å². The van der Waals surface area contributed by atoms with Crippen molar-refractivity contribution in [3.05, 3.63) is 48.5 Å². The van der Waals surface area contributed by atoms with Crippen molar-refractivity contribution >= 4 is 22.5 Å². The van der Waals surface area contributed by atoms with Crippen molar-refractivity contribution in [2.24, 2.45) is 7.05 Å². The number of carbonyl (C=O) groups excluding carboxylic acids is 1. The molecule has 152 valence electrons. The van der Waals surface area contributed by atoms with Crippen molar-refractivity contribution in [1.29, 1.82) is 0 Å². The molecular formula is C20H21N9O. The molecule has 4 heterocycles. The van der Waals surface area contributed by atoms with Crippen LogP contribution < -0.4 is 10.6 Å². The van der Waals surface area contributed by atoms with E-state index in [-0.39, 0.29) is 17.6 Å². The molecule has 1 aliphatic rings. The van der Waals surface area contributed by atoms with E-state index >= 15 is 0 Å². The molecule has 1 aromatic carbocycles. The van der Waals surface area contributed by atoms with E-state index in [1.807, 2.05) is 37.5 Å². The lowest BCUT2D eigenvalue weighted by molar-refractivity contribution is 0.102. The summed E-state index contributed by atoms with van der Waals surface area (Å²) in [7, 11) is 1.83. The molecule has 0 bridgehead atoms. The van der Waals surface area contributed by atoms with Crippen LogP contribution in [0, 0.1) is 0 Å². The largest absolute Gasteiger partial charge is 0.317 e. The Morgan fingerprint density at radius 2 is 1.97 bits per heavy atom. The SMILES string of the molecule is Cn1cc(-c2ccc3cnc(NC(=O)c4cn(C5CCNCC5)nn4)cc3c2)nn1. The minimum Gasteiger partial charge on any atom is -0.317 e. The number of fused-ring (bicyclic) bond motifs is 1. The molecule has 5 rings (SSSR count). The summed E-state index contributed by atoms with van der Waals surface area (Å²) < 4.78 is 3.45. The number of benzene rings is 1. The van der Waals surface area contributed by atoms with Crippen LogP contribution in [0.25, 0.3) is 22.0 Å². The van der Waals surface area contributed by atoms with Gasteiger partial charge in [0.2, 0.25) is 0 Å². The molecule has 0 unspecified atom stereocenters. The highest BCUT2D eigenvalue weighted by molar-refractivity contribution is 6.03. The highest BCUT2D eigenvalue weighted by Crippen LogP contribution is 2.24. The first kappa shape index (κ1) is 18.4. The van der Waals surface area contributed by atoms with E-state index in [0.29, 0.717) is 5.82 Å². The molecule has 2 N–H and O–H groups in total. The number of hydrogen-bond acceptors (Lipinski definition) is 7. The monoisotopic (exact) mass is 403 g/mol. The standard InChI is InChI=1S/C20H21N9O/c1-28-11-17(24-26-28)13-2-3-14-10-22-19(9-15(14)8-13)23-20(30)18-12-29(27-25-18)16-4-6-21-7-5-16/h2-3,8-12,16,21H,4-7H2,1H3,(H,22,23,30). The number of anilines is 1. The van der Waals surface area contributed by atoms with Gasteiger partial charge in [0.15, 0.2) is 5.69 Å². The fraction of sp³-hybridized carbons (Fsp3) is 0.300. The number of hydrogen-bond donors (Lipinski definition) is 2. The zero-order chi connectivity index (χ0) is 20.5. The molecule has 3 aromatic heterocycles. The van der Waals surface area contributed by atoms with E-state index in [1.165, 1.54) is 0 Å². The Bertz CT molecular complexity index is 1210. The van der Waals surface area contributed by atoms with E-state index in [9.17, 15) is 4.79 Å². The average Bonchev–Trinajstić information content (AvgIpc) is 3.43. The lowest BCUT2D eigenvalue weighted by atomic mass is 10.1. The molecule has 30 heavy (non-hydrogen) atoms. The van der Waals surface area contributed by atoms with Crippen LogP contribution in [0.15, 0.2) is 42.9 Å². The third-order valence-electron chi connectivity index (χ3n) is 5.29. The van der Waals surface area contributed by atoms with Crippen LogP contribution in [-0.2, 0) is 7.05 Å². The molecule has 10 nitrogen and oxygen atoms in total. The summed E-state index contributed by atoms with van der Waals surface area (Å²) in [5, 5.41) is 24.4. The predicted octanol–water partition coefficient (Wildman–Crippen LogP) is 1.80. The molecule has 0 saturated carbocycles. The average molecular weight is 403 g/mol. The van der Waals surface area contributed by atoms with Gasteiger partial charge < -0.3 is 10.6 Å². The highest BCUT2D eigenvalue weighted by Gasteiger charge is 2.19. The molecule has 1 aliphatic heterocycles. The van der Waals surface area contributed by atoms with Crippen LogP contribution >= 0.6 is 0 Å². The van der Waals surface area contributed by atoms with Gasteiger partial charge in [-0.25, -0.2) is 9.67 Å². The van der Waals surface area contributed by atoms with Crippen molar-refractivity contribution in [1.82, 2.24) is 40.3 Å². The number of carbonyl (C=O) groups is 1. The molecule has 0 aliphatic carbocycles. The second-order valence-corrected chi connectivity index (χ2v) is 7.43. The van der Waals surface area contributed by atoms with Crippen molar-refractivity contribution < 1.29 is 4.79 Å². The molecule has 10 heteroatoms. The normalized spacial score (nSPS) is 14.8. The van der Waals surface area contributed by atoms with Crippen LogP contribution in [-0.4, -0.2) is 54.0 Å². The molecule has 1 fully saturated rings. The number of amides is 1. The lowest BCUT2D eigenvalue weighted by Gasteiger charge is -2.22. The summed E-state index contributed by atoms with van der Waals surface area (Å²) in [6.07, 6.45) is 7.25. The van der Waals surface area contributed by atoms with E-state index in [2.05, 4.69) is 36.2 Å². The summed E-state index contributed by atoms with van der Waals surface area (Å²) in [6.45, 7) is 1.90. The molecule has 1 amide bonds. The van der Waals surface area contributed by atoms with Crippen molar-refractivity contribution in [3.8, 4) is 11.3 Å². The molecule has 0 radical (unpaired) electrons. The third-order valence-corrected chi connectivity index (χ3v) is 5.29. The quantitative estimate of drug-likeness (QED) is 0.534. The second kappa shape index (κ2) is 7.64. The Balaban J connectivity index is 1.35. The van der Waals surface area contributed by atoms with Gasteiger partial charge in [-0.2, -0.15) is 0 Å². The maximum Gasteiger partial charge on any atom is 0.278 e. The Morgan fingerprint density at radius 3 is 2.77 bits per heavy atom. The van der Waals surface area contributed by atoms with Crippen LogP contribution in [0.5, 0.6) is 0 Å². The predicted molar refractivity (Wildman–Crippen MR) is 111 cm³/mol. The Kier molecular flexibility index (Phi) is 4.68. The van der Waals surface area contributed by atoms with Gasteiger partial charge in [-0.3, -0.25) is 9.48 Å². The Morgan fingerprint density at radius 1 is 1.10 bits per heavy atom. The third kappa shape index (κ3) is 3.64. The number of nitrogens with zero attached hydrogens (tertiary/aromatic N) is 7. The number of pyridine rings is 1. The molecule has 0 spiro atoms. The van der Waals surface area contributed by atoms with Gasteiger partial charge in [-0.1, -0.05) is 22.6 Å². The minimum absolute atomic E-state index is 0.276. The Hall–Kier alpha value is -3.66. The first-order valence-electron chi connectivity index (χ1n) is 9.86. The van der Waals surface area contributed by atoms with Crippen LogP contribution in [0.3, 0.4) is 0 Å². The molecular weight excluding hydrogens is 382 g/mol. The number of aromatic nitrogens is 7. The molecule has 1 saturated heterocycles. The minimum atomic E-state index is -0.327. The summed E-state index contributed by atoms with van der Waals surface area (Å²) in [6, 6.07) is 8.07. The Labute approximate surface area is 172 Å². The first-order chi connectivity index (χ1) is 14.7. The van der Waals surface area contributed by atoms with Crippen LogP contribution in [0.2, 0.25) is 0 Å². The summed E-state index contributed by atoms with van der Waals surface area (Å²) in [5.74, 6) is 0.132. The molecule has 4 aromatic rings. The van der Waals surface area contributed by atoms with E-state index in [4.69, 9.17) is 0 Å². The number of nitrogens with one attached hydrogen (secondary N) is 2. The maximum absolute atomic E-state index is 12.6. The van der Waals surface area contributed by atoms with Gasteiger partial charge in [0, 0.05) is 24.2 Å². The number of rotatable bonds is 4. The summed E-state index contributed by atoms with van der Waals surface area (Å²) >= 11 is 0. The number of piperidine rings is 1. The van der Waals surface area contributed by atoms with Gasteiger partial charge in [0.1, 0.15) is 11.5 Å². The zero-order valence-corrected chi connectivity index (χ0v) is 16.5. The second-order valence-electron chi connectivity index (χ2n) is 7.43. The van der Waals surface area contributed by atoms with E-state index in [1.54, 1.807) is 21.8 Å². The van der Waals surface area contributed by atoms with Crippen LogP contribution in [0.4, 0.5) is 5.82 Å². The van der Waals surface area contributed by atoms with Gasteiger partial charge >= 0.3 is 0 Å². The van der Waals surface area contributed by atoms with Crippen molar-refractivity contribution in [2.45, 2.75) is 18.9 Å². The van der Waals surface area contributed by atoms with Crippen molar-refractivity contribution in [3.63, 3.8) is 0 Å². The zero-order valence-electron chi connectivity index (χ0n) is 16.5. The van der Waals surface area contributed by atoms with Crippen LogP contribution in [0.1, 0.15) is 29.4 Å². The fourth-order valence-corrected chi connectivity index (χ4v) is 3.66. The first-order valence-corrected chi connectivity index (χ1v) is 9.86. The highest BCUT2D eigenvalue weighted by atomic mass is 16.2. The molecule has 0 atom stereocenters. The summed E-state index contributed by atoms with van der Waals surface area (Å²) in [4.78, 5) is 17.0. The van der Waals surface area contributed by atoms with Gasteiger partial charge in [0.25, 0.3) is 5.91 Å². The summed E-state index contributed by atoms with van der Waals surface area (Å²) in [5.41, 5.74) is 2.02. The van der Waals surface area contributed by atoms with Gasteiger partial charge in [0.05, 0.1) is 18.4 Å². The smallest absolute Gasteiger partial charge is 0.278 e. The van der Waals surface area contributed by atoms with E-state index < -0.39 is 0 Å².